The first-order valence-electron chi connectivity index (χ1n) is 10.1. The van der Waals surface area contributed by atoms with Gasteiger partial charge in [0.1, 0.15) is 29.1 Å². The molecule has 0 aliphatic carbocycles. The number of carbonyl (C=O) groups is 1. The number of pyridine rings is 1. The number of nitrogens with zero attached hydrogens (tertiary/aromatic N) is 4. The lowest BCUT2D eigenvalue weighted by Crippen LogP contribution is -2.33. The highest BCUT2D eigenvalue weighted by Gasteiger charge is 2.23. The van der Waals surface area contributed by atoms with E-state index in [0.717, 1.165) is 11.8 Å². The third-order valence-electron chi connectivity index (χ3n) is 5.19. The Bertz CT molecular complexity index is 1320. The number of benzene rings is 1. The van der Waals surface area contributed by atoms with Gasteiger partial charge in [-0.2, -0.15) is 9.61 Å². The normalized spacial score (nSPS) is 16.2. The second kappa shape index (κ2) is 7.80. The zero-order chi connectivity index (χ0) is 22.2. The monoisotopic (exact) mass is 433 g/mol. The molecule has 0 saturated heterocycles. The topological polar surface area (TPSA) is 119 Å². The lowest BCUT2D eigenvalue weighted by Gasteiger charge is -2.18. The first-order valence-corrected chi connectivity index (χ1v) is 10.1. The molecule has 4 heterocycles. The largest absolute Gasteiger partial charge is 0.473 e. The van der Waals surface area contributed by atoms with E-state index in [9.17, 15) is 9.18 Å². The second-order valence-corrected chi connectivity index (χ2v) is 7.49. The Morgan fingerprint density at radius 1 is 1.22 bits per heavy atom. The molecule has 0 radical (unpaired) electrons. The van der Waals surface area contributed by atoms with Crippen LogP contribution < -0.4 is 21.1 Å². The molecule has 162 valence electrons. The maximum Gasteiger partial charge on any atom is 0.256 e. The summed E-state index contributed by atoms with van der Waals surface area (Å²) in [5.41, 5.74) is 9.02. The molecule has 5 rings (SSSR count). The second-order valence-electron chi connectivity index (χ2n) is 7.49. The summed E-state index contributed by atoms with van der Waals surface area (Å²) in [6.07, 6.45) is 2.13. The molecule has 1 aromatic carbocycles. The smallest absolute Gasteiger partial charge is 0.256 e. The standard InChI is InChI=1S/C22H20FN7O2/c1-12-8-26-21(31)16-11-28-30-18(24)17(13-5-3-2-4-6-13)19(29-20(16)30)25-9-14-7-15(23)10-27-22(14)32-12/h2-7,10-12H,8-9,24H2,1H3,(H,25,29)(H,26,31)/t12-/m0/s1. The van der Waals surface area contributed by atoms with Crippen LogP contribution in [0.3, 0.4) is 0 Å². The minimum atomic E-state index is -0.483. The molecule has 0 unspecified atom stereocenters. The van der Waals surface area contributed by atoms with Crippen LogP contribution in [-0.4, -0.2) is 38.1 Å². The van der Waals surface area contributed by atoms with Gasteiger partial charge in [0, 0.05) is 12.1 Å². The molecule has 1 amide bonds. The average Bonchev–Trinajstić information content (AvgIpc) is 3.22. The molecule has 2 bridgehead atoms. The zero-order valence-electron chi connectivity index (χ0n) is 17.2. The van der Waals surface area contributed by atoms with Gasteiger partial charge < -0.3 is 21.1 Å². The highest BCUT2D eigenvalue weighted by atomic mass is 19.1. The Kier molecular flexibility index (Phi) is 4.81. The minimum Gasteiger partial charge on any atom is -0.473 e. The molecule has 3 aromatic heterocycles. The number of carbonyl (C=O) groups excluding carboxylic acids is 1. The number of halogens is 1. The molecule has 1 aliphatic heterocycles. The number of hydrogen-bond acceptors (Lipinski definition) is 7. The van der Waals surface area contributed by atoms with Crippen molar-refractivity contribution in [1.82, 2.24) is 24.9 Å². The van der Waals surface area contributed by atoms with Crippen LogP contribution in [0.5, 0.6) is 5.88 Å². The third kappa shape index (κ3) is 3.45. The Morgan fingerprint density at radius 3 is 2.84 bits per heavy atom. The van der Waals surface area contributed by atoms with Crippen molar-refractivity contribution in [1.29, 1.82) is 0 Å². The van der Waals surface area contributed by atoms with Crippen molar-refractivity contribution in [2.45, 2.75) is 19.6 Å². The van der Waals surface area contributed by atoms with E-state index in [1.165, 1.54) is 16.8 Å². The fourth-order valence-corrected chi connectivity index (χ4v) is 3.64. The van der Waals surface area contributed by atoms with E-state index >= 15 is 0 Å². The fourth-order valence-electron chi connectivity index (χ4n) is 3.64. The van der Waals surface area contributed by atoms with Crippen molar-refractivity contribution in [2.24, 2.45) is 0 Å². The zero-order valence-corrected chi connectivity index (χ0v) is 17.2. The van der Waals surface area contributed by atoms with Crippen molar-refractivity contribution in [3.63, 3.8) is 0 Å². The molecule has 0 spiro atoms. The molecule has 32 heavy (non-hydrogen) atoms. The first-order chi connectivity index (χ1) is 15.5. The number of rotatable bonds is 1. The molecule has 9 nitrogen and oxygen atoms in total. The summed E-state index contributed by atoms with van der Waals surface area (Å²) in [6.45, 7) is 2.19. The van der Waals surface area contributed by atoms with Gasteiger partial charge in [-0.05, 0) is 18.6 Å². The number of aromatic nitrogens is 4. The van der Waals surface area contributed by atoms with Crippen LogP contribution >= 0.6 is 0 Å². The summed E-state index contributed by atoms with van der Waals surface area (Å²) < 4.78 is 21.3. The lowest BCUT2D eigenvalue weighted by molar-refractivity contribution is 0.0932. The predicted molar refractivity (Wildman–Crippen MR) is 117 cm³/mol. The molecular weight excluding hydrogens is 413 g/mol. The third-order valence-corrected chi connectivity index (χ3v) is 5.19. The van der Waals surface area contributed by atoms with Crippen LogP contribution in [0, 0.1) is 5.82 Å². The first kappa shape index (κ1) is 19.7. The van der Waals surface area contributed by atoms with Crippen molar-refractivity contribution in [3.05, 3.63) is 65.7 Å². The van der Waals surface area contributed by atoms with E-state index in [4.69, 9.17) is 10.5 Å². The number of nitrogens with one attached hydrogen (secondary N) is 2. The summed E-state index contributed by atoms with van der Waals surface area (Å²) in [4.78, 5) is 21.6. The van der Waals surface area contributed by atoms with Crippen LogP contribution in [0.4, 0.5) is 16.0 Å². The summed E-state index contributed by atoms with van der Waals surface area (Å²) >= 11 is 0. The molecule has 10 heteroatoms. The Labute approximate surface area is 182 Å². The number of nitrogen functional groups attached to an aromatic ring is 1. The summed E-state index contributed by atoms with van der Waals surface area (Å²) in [6, 6.07) is 10.8. The number of fused-ring (bicyclic) bond motifs is 2. The van der Waals surface area contributed by atoms with Crippen LogP contribution in [0.25, 0.3) is 16.8 Å². The van der Waals surface area contributed by atoms with Crippen molar-refractivity contribution >= 4 is 23.2 Å². The summed E-state index contributed by atoms with van der Waals surface area (Å²) in [5, 5.41) is 10.3. The van der Waals surface area contributed by atoms with Gasteiger partial charge in [0.15, 0.2) is 5.65 Å². The summed E-state index contributed by atoms with van der Waals surface area (Å²) in [5.74, 6) is 0.187. The molecule has 1 aliphatic rings. The van der Waals surface area contributed by atoms with Crippen LogP contribution in [-0.2, 0) is 6.54 Å². The van der Waals surface area contributed by atoms with Gasteiger partial charge in [-0.3, -0.25) is 4.79 Å². The van der Waals surface area contributed by atoms with Gasteiger partial charge in [0.25, 0.3) is 5.91 Å². The van der Waals surface area contributed by atoms with E-state index in [0.29, 0.717) is 28.4 Å². The quantitative estimate of drug-likeness (QED) is 0.422. The van der Waals surface area contributed by atoms with Crippen molar-refractivity contribution < 1.29 is 13.9 Å². The van der Waals surface area contributed by atoms with Gasteiger partial charge in [-0.25, -0.2) is 14.4 Å². The van der Waals surface area contributed by atoms with E-state index < -0.39 is 11.9 Å². The predicted octanol–water partition coefficient (Wildman–Crippen LogP) is 2.64. The van der Waals surface area contributed by atoms with Gasteiger partial charge in [0.05, 0.1) is 24.5 Å². The van der Waals surface area contributed by atoms with Crippen LogP contribution in [0.15, 0.2) is 48.8 Å². The number of amides is 1. The highest BCUT2D eigenvalue weighted by molar-refractivity contribution is 6.01. The average molecular weight is 433 g/mol. The minimum absolute atomic E-state index is 0.181. The van der Waals surface area contributed by atoms with E-state index in [-0.39, 0.29) is 30.4 Å². The molecule has 1 atom stereocenters. The Morgan fingerprint density at radius 2 is 2.03 bits per heavy atom. The SMILES string of the molecule is C[C@H]1CNC(=O)c2cnn3c(N)c(-c4ccccc4)c(nc23)NCc2cc(F)cnc2O1. The maximum absolute atomic E-state index is 13.9. The number of hydrogen-bond donors (Lipinski definition) is 3. The molecule has 4 aromatic rings. The van der Waals surface area contributed by atoms with Crippen LogP contribution in [0.2, 0.25) is 0 Å². The van der Waals surface area contributed by atoms with E-state index in [1.807, 2.05) is 30.3 Å². The van der Waals surface area contributed by atoms with Gasteiger partial charge in [-0.15, -0.1) is 0 Å². The molecule has 4 N–H and O–H groups in total. The molecular formula is C22H20FN7O2. The van der Waals surface area contributed by atoms with Gasteiger partial charge >= 0.3 is 0 Å². The number of anilines is 2. The van der Waals surface area contributed by atoms with Crippen molar-refractivity contribution in [3.8, 4) is 17.0 Å². The Hall–Kier alpha value is -4.21. The van der Waals surface area contributed by atoms with Gasteiger partial charge in [-0.1, -0.05) is 30.3 Å². The number of ether oxygens (including phenoxy) is 1. The van der Waals surface area contributed by atoms with E-state index in [1.54, 1.807) is 6.92 Å². The molecule has 0 fully saturated rings. The van der Waals surface area contributed by atoms with Crippen LogP contribution in [0.1, 0.15) is 22.8 Å². The summed E-state index contributed by atoms with van der Waals surface area (Å²) in [7, 11) is 0. The molecule has 0 saturated carbocycles. The lowest BCUT2D eigenvalue weighted by atomic mass is 10.1. The van der Waals surface area contributed by atoms with E-state index in [2.05, 4.69) is 25.7 Å². The Balaban J connectivity index is 1.71. The van der Waals surface area contributed by atoms with Gasteiger partial charge in [0.2, 0.25) is 5.88 Å². The van der Waals surface area contributed by atoms with Crippen molar-refractivity contribution in [2.75, 3.05) is 17.6 Å². The highest BCUT2D eigenvalue weighted by Crippen LogP contribution is 2.34. The fraction of sp³-hybridized carbons (Fsp3) is 0.182. The number of nitrogens with two attached hydrogens (primary N) is 1. The maximum atomic E-state index is 13.9.